The predicted molar refractivity (Wildman–Crippen MR) is 103 cm³/mol. The Morgan fingerprint density at radius 1 is 1.03 bits per heavy atom. The van der Waals surface area contributed by atoms with Crippen molar-refractivity contribution in [3.63, 3.8) is 0 Å². The van der Waals surface area contributed by atoms with E-state index in [0.717, 1.165) is 0 Å². The summed E-state index contributed by atoms with van der Waals surface area (Å²) in [7, 11) is 4.35. The van der Waals surface area contributed by atoms with E-state index >= 15 is 0 Å². The van der Waals surface area contributed by atoms with Crippen LogP contribution < -0.4 is 14.2 Å². The van der Waals surface area contributed by atoms with E-state index in [1.165, 1.54) is 21.3 Å². The number of ether oxygens (including phenoxy) is 5. The first-order chi connectivity index (χ1) is 14.3. The fourth-order valence-electron chi connectivity index (χ4n) is 4.60. The zero-order valence-corrected chi connectivity index (χ0v) is 17.4. The number of fused-ring (bicyclic) bond motifs is 2. The average molecular weight is 410 g/mol. The summed E-state index contributed by atoms with van der Waals surface area (Å²) in [5.74, 6) is -1.53. The third-order valence-corrected chi connectivity index (χ3v) is 6.29. The van der Waals surface area contributed by atoms with Crippen molar-refractivity contribution < 1.29 is 23.7 Å². The summed E-state index contributed by atoms with van der Waals surface area (Å²) in [6.07, 6.45) is -0.895. The van der Waals surface area contributed by atoms with Crippen LogP contribution in [0.25, 0.3) is 0 Å². The molecule has 3 rings (SSSR count). The monoisotopic (exact) mass is 410 g/mol. The molecule has 0 aromatic heterocycles. The second kappa shape index (κ2) is 7.09. The number of methoxy groups -OCH3 is 3. The second-order valence-electron chi connectivity index (χ2n) is 7.23. The summed E-state index contributed by atoms with van der Waals surface area (Å²) < 4.78 is 28.1. The average Bonchev–Trinajstić information content (AvgIpc) is 2.93. The highest BCUT2D eigenvalue weighted by atomic mass is 16.7. The molecule has 0 aliphatic carbocycles. The standard InChI is InChI=1S/C21H22N4O5/c1-6-21-12(2)20(11-24,18(25)30-21)19(9-22,10-23)17(29-21)13-7-14(26-3)16(28-5)15(8-13)27-4/h7-8,12,17,25H,6H2,1-5H3. The smallest absolute Gasteiger partial charge is 0.217 e. The topological polar surface area (TPSA) is 141 Å². The third kappa shape index (κ3) is 2.26. The van der Waals surface area contributed by atoms with E-state index < -0.39 is 34.5 Å². The lowest BCUT2D eigenvalue weighted by Gasteiger charge is -2.48. The predicted octanol–water partition coefficient (Wildman–Crippen LogP) is 3.08. The maximum Gasteiger partial charge on any atom is 0.217 e. The summed E-state index contributed by atoms with van der Waals surface area (Å²) >= 11 is 0. The first-order valence-corrected chi connectivity index (χ1v) is 9.30. The second-order valence-corrected chi connectivity index (χ2v) is 7.23. The molecule has 156 valence electrons. The molecule has 2 fully saturated rings. The molecule has 2 bridgehead atoms. The Kier molecular flexibility index (Phi) is 5.02. The molecule has 1 aromatic carbocycles. The number of nitriles is 3. The molecule has 0 saturated carbocycles. The van der Waals surface area contributed by atoms with E-state index in [-0.39, 0.29) is 0 Å². The first kappa shape index (κ1) is 21.2. The van der Waals surface area contributed by atoms with Crippen LogP contribution in [0.15, 0.2) is 12.1 Å². The SMILES string of the molecule is CCC12OC(=N)C(C#N)(C1C)C(C#N)(C#N)C(c1cc(OC)c(OC)c(OC)c1)O2. The summed E-state index contributed by atoms with van der Waals surface area (Å²) in [5.41, 5.74) is -3.48. The van der Waals surface area contributed by atoms with Crippen LogP contribution in [0.1, 0.15) is 31.9 Å². The Balaban J connectivity index is 2.36. The van der Waals surface area contributed by atoms with Crippen molar-refractivity contribution in [1.29, 1.82) is 21.2 Å². The van der Waals surface area contributed by atoms with Crippen LogP contribution in [-0.2, 0) is 9.47 Å². The Morgan fingerprint density at radius 2 is 1.60 bits per heavy atom. The Bertz CT molecular complexity index is 981. The first-order valence-electron chi connectivity index (χ1n) is 9.30. The van der Waals surface area contributed by atoms with Gasteiger partial charge in [0.05, 0.1) is 45.5 Å². The molecule has 4 unspecified atom stereocenters. The summed E-state index contributed by atoms with van der Waals surface area (Å²) in [5, 5.41) is 39.0. The molecule has 0 radical (unpaired) electrons. The van der Waals surface area contributed by atoms with Crippen molar-refractivity contribution in [2.75, 3.05) is 21.3 Å². The van der Waals surface area contributed by atoms with E-state index in [0.29, 0.717) is 29.2 Å². The Morgan fingerprint density at radius 3 is 2.00 bits per heavy atom. The van der Waals surface area contributed by atoms with E-state index in [9.17, 15) is 15.8 Å². The molecule has 1 N–H and O–H groups in total. The van der Waals surface area contributed by atoms with Crippen molar-refractivity contribution in [1.82, 2.24) is 0 Å². The van der Waals surface area contributed by atoms with Crippen molar-refractivity contribution in [2.45, 2.75) is 32.2 Å². The Labute approximate surface area is 174 Å². The molecule has 2 saturated heterocycles. The lowest BCUT2D eigenvalue weighted by Crippen LogP contribution is -2.58. The lowest BCUT2D eigenvalue weighted by molar-refractivity contribution is -0.280. The molecular formula is C21H22N4O5. The van der Waals surface area contributed by atoms with Crippen molar-refractivity contribution in [2.24, 2.45) is 16.7 Å². The third-order valence-electron chi connectivity index (χ3n) is 6.29. The molecule has 2 aliphatic rings. The number of hydrogen-bond acceptors (Lipinski definition) is 9. The van der Waals surface area contributed by atoms with Crippen molar-refractivity contribution >= 4 is 5.90 Å². The summed E-state index contributed by atoms with van der Waals surface area (Å²) in [6.45, 7) is 3.47. The van der Waals surface area contributed by atoms with Gasteiger partial charge in [-0.15, -0.1) is 0 Å². The van der Waals surface area contributed by atoms with Gasteiger partial charge in [-0.2, -0.15) is 15.8 Å². The van der Waals surface area contributed by atoms with Crippen LogP contribution in [0.5, 0.6) is 17.2 Å². The fraction of sp³-hybridized carbons (Fsp3) is 0.524. The maximum atomic E-state index is 10.2. The number of benzene rings is 1. The van der Waals surface area contributed by atoms with Gasteiger partial charge in [0.2, 0.25) is 22.8 Å². The molecule has 0 amide bonds. The molecule has 0 spiro atoms. The minimum Gasteiger partial charge on any atom is -0.493 e. The van der Waals surface area contributed by atoms with Crippen molar-refractivity contribution in [3.05, 3.63) is 17.7 Å². The molecule has 30 heavy (non-hydrogen) atoms. The minimum absolute atomic E-state index is 0.304. The minimum atomic E-state index is -2.04. The number of nitrogens with zero attached hydrogens (tertiary/aromatic N) is 3. The van der Waals surface area contributed by atoms with Gasteiger partial charge in [0.15, 0.2) is 16.9 Å². The van der Waals surface area contributed by atoms with Crippen LogP contribution in [0.4, 0.5) is 0 Å². The maximum absolute atomic E-state index is 10.2. The molecule has 2 heterocycles. The van der Waals surface area contributed by atoms with Gasteiger partial charge < -0.3 is 23.7 Å². The van der Waals surface area contributed by atoms with Gasteiger partial charge in [0, 0.05) is 6.42 Å². The quantitative estimate of drug-likeness (QED) is 0.780. The number of hydrogen-bond donors (Lipinski definition) is 1. The van der Waals surface area contributed by atoms with Crippen LogP contribution in [0, 0.1) is 56.2 Å². The van der Waals surface area contributed by atoms with Crippen molar-refractivity contribution in [3.8, 4) is 35.5 Å². The number of nitrogens with one attached hydrogen (secondary N) is 1. The highest BCUT2D eigenvalue weighted by molar-refractivity contribution is 5.89. The largest absolute Gasteiger partial charge is 0.493 e. The van der Waals surface area contributed by atoms with E-state index in [1.807, 2.05) is 12.1 Å². The Hall–Kier alpha value is -3.48. The van der Waals surface area contributed by atoms with Gasteiger partial charge in [0.25, 0.3) is 0 Å². The molecule has 4 atom stereocenters. The van der Waals surface area contributed by atoms with E-state index in [4.69, 9.17) is 29.1 Å². The molecule has 1 aromatic rings. The fourth-order valence-corrected chi connectivity index (χ4v) is 4.60. The molecule has 2 aliphatic heterocycles. The normalized spacial score (nSPS) is 30.9. The van der Waals surface area contributed by atoms with Gasteiger partial charge >= 0.3 is 0 Å². The van der Waals surface area contributed by atoms with Crippen LogP contribution in [-0.4, -0.2) is 33.0 Å². The molecule has 9 nitrogen and oxygen atoms in total. The van der Waals surface area contributed by atoms with Gasteiger partial charge in [-0.25, -0.2) is 0 Å². The number of rotatable bonds is 5. The zero-order chi connectivity index (χ0) is 22.3. The van der Waals surface area contributed by atoms with E-state index in [1.54, 1.807) is 26.0 Å². The van der Waals surface area contributed by atoms with Gasteiger partial charge in [0.1, 0.15) is 6.10 Å². The molecule has 9 heteroatoms. The zero-order valence-electron chi connectivity index (χ0n) is 17.4. The molecular weight excluding hydrogens is 388 g/mol. The van der Waals surface area contributed by atoms with Gasteiger partial charge in [-0.3, -0.25) is 5.41 Å². The van der Waals surface area contributed by atoms with Gasteiger partial charge in [-0.1, -0.05) is 13.8 Å². The van der Waals surface area contributed by atoms with Crippen LogP contribution in [0.3, 0.4) is 0 Å². The summed E-state index contributed by atoms with van der Waals surface area (Å²) in [4.78, 5) is 0. The summed E-state index contributed by atoms with van der Waals surface area (Å²) in [6, 6.07) is 9.22. The van der Waals surface area contributed by atoms with Crippen LogP contribution in [0.2, 0.25) is 0 Å². The van der Waals surface area contributed by atoms with Gasteiger partial charge in [-0.05, 0) is 17.7 Å². The lowest BCUT2D eigenvalue weighted by atomic mass is 9.53. The van der Waals surface area contributed by atoms with E-state index in [2.05, 4.69) is 6.07 Å². The highest BCUT2D eigenvalue weighted by Crippen LogP contribution is 2.67. The highest BCUT2D eigenvalue weighted by Gasteiger charge is 2.78. The van der Waals surface area contributed by atoms with Crippen LogP contribution >= 0.6 is 0 Å².